The highest BCUT2D eigenvalue weighted by Gasteiger charge is 2.66. The van der Waals surface area contributed by atoms with Crippen LogP contribution in [-0.2, 0) is 9.53 Å². The van der Waals surface area contributed by atoms with Gasteiger partial charge in [0.15, 0.2) is 0 Å². The number of nitrogens with one attached hydrogen (secondary N) is 1. The number of fused-ring (bicyclic) bond motifs is 1. The van der Waals surface area contributed by atoms with Crippen LogP contribution in [0, 0.1) is 5.41 Å². The van der Waals surface area contributed by atoms with Gasteiger partial charge in [-0.15, -0.1) is 11.3 Å². The Balaban J connectivity index is 1.99. The van der Waals surface area contributed by atoms with Crippen molar-refractivity contribution in [2.45, 2.75) is 23.5 Å². The average molecular weight is 461 g/mol. The van der Waals surface area contributed by atoms with Gasteiger partial charge in [-0.3, -0.25) is 4.79 Å². The molecule has 1 aromatic heterocycles. The van der Waals surface area contributed by atoms with Gasteiger partial charge >= 0.3 is 5.97 Å². The summed E-state index contributed by atoms with van der Waals surface area (Å²) >= 11 is 8.38. The molecule has 1 atom stereocenters. The smallest absolute Gasteiger partial charge is 0.341 e. The van der Waals surface area contributed by atoms with Crippen LogP contribution in [0.1, 0.15) is 30.6 Å². The zero-order valence-corrected chi connectivity index (χ0v) is 16.6. The molecule has 1 amide bonds. The largest absolute Gasteiger partial charge is 0.462 e. The molecule has 1 N–H and O–H groups in total. The Morgan fingerprint density at radius 1 is 1.35 bits per heavy atom. The minimum atomic E-state index is -0.547. The van der Waals surface area contributed by atoms with Crippen LogP contribution in [0.4, 0.5) is 5.00 Å². The molecule has 7 heteroatoms. The van der Waals surface area contributed by atoms with Crippen molar-refractivity contribution in [3.8, 4) is 0 Å². The number of hydrogen-bond acceptors (Lipinski definition) is 4. The lowest BCUT2D eigenvalue weighted by atomic mass is 10.1. The summed E-state index contributed by atoms with van der Waals surface area (Å²) in [4.78, 5) is 24.9. The molecular weight excluding hydrogens is 446 g/mol. The van der Waals surface area contributed by atoms with Crippen LogP contribution in [0.3, 0.4) is 0 Å². The van der Waals surface area contributed by atoms with Gasteiger partial charge in [-0.25, -0.2) is 4.79 Å². The quantitative estimate of drug-likeness (QED) is 0.520. The molecule has 2 aromatic rings. The fraction of sp³-hybridized carbons (Fsp3) is 0.375. The number of amides is 1. The summed E-state index contributed by atoms with van der Waals surface area (Å²) < 4.78 is 5.72. The zero-order chi connectivity index (χ0) is 16.8. The summed E-state index contributed by atoms with van der Waals surface area (Å²) in [6, 6.07) is 7.57. The number of carbonyl (C=O) groups excluding carboxylic acids is 2. The Labute approximate surface area is 154 Å². The van der Waals surface area contributed by atoms with Crippen LogP contribution in [0.2, 0.25) is 0 Å². The van der Waals surface area contributed by atoms with Crippen molar-refractivity contribution in [1.29, 1.82) is 0 Å². The molecule has 3 rings (SSSR count). The number of halogens is 2. The lowest BCUT2D eigenvalue weighted by Gasteiger charge is -2.13. The fourth-order valence-corrected chi connectivity index (χ4v) is 4.99. The third kappa shape index (κ3) is 2.83. The summed E-state index contributed by atoms with van der Waals surface area (Å²) in [6.45, 7) is 3.93. The lowest BCUT2D eigenvalue weighted by molar-refractivity contribution is -0.120. The van der Waals surface area contributed by atoms with Crippen molar-refractivity contribution >= 4 is 70.2 Å². The van der Waals surface area contributed by atoms with Gasteiger partial charge in [0.2, 0.25) is 5.91 Å². The second kappa shape index (κ2) is 5.86. The van der Waals surface area contributed by atoms with Gasteiger partial charge in [0.05, 0.1) is 15.3 Å². The molecule has 1 fully saturated rings. The topological polar surface area (TPSA) is 55.4 Å². The van der Waals surface area contributed by atoms with Crippen LogP contribution in [0.25, 0.3) is 10.1 Å². The number of thiophene rings is 1. The minimum Gasteiger partial charge on any atom is -0.462 e. The van der Waals surface area contributed by atoms with E-state index in [4.69, 9.17) is 4.74 Å². The molecule has 0 unspecified atom stereocenters. The maximum absolute atomic E-state index is 12.6. The maximum atomic E-state index is 12.6. The van der Waals surface area contributed by atoms with E-state index < -0.39 is 11.4 Å². The summed E-state index contributed by atoms with van der Waals surface area (Å²) in [7, 11) is 0. The number of ether oxygens (including phenoxy) is 1. The molecule has 122 valence electrons. The third-order valence-electron chi connectivity index (χ3n) is 4.06. The minimum absolute atomic E-state index is 0.122. The summed E-state index contributed by atoms with van der Waals surface area (Å²) in [6.07, 6.45) is 0.686. The van der Waals surface area contributed by atoms with Gasteiger partial charge in [0.1, 0.15) is 10.6 Å². The molecule has 1 aromatic carbocycles. The molecule has 0 spiro atoms. The van der Waals surface area contributed by atoms with Crippen molar-refractivity contribution in [3.05, 3.63) is 29.8 Å². The molecule has 1 saturated carbocycles. The average Bonchev–Trinajstić information content (AvgIpc) is 2.85. The van der Waals surface area contributed by atoms with E-state index in [1.807, 2.05) is 31.2 Å². The number of alkyl halides is 2. The number of anilines is 1. The molecular formula is C16H15Br2NO3S. The molecule has 4 nitrogen and oxygen atoms in total. The van der Waals surface area contributed by atoms with E-state index in [0.717, 1.165) is 10.1 Å². The van der Waals surface area contributed by atoms with Crippen molar-refractivity contribution in [1.82, 2.24) is 0 Å². The van der Waals surface area contributed by atoms with E-state index >= 15 is 0 Å². The molecule has 1 aliphatic carbocycles. The molecule has 0 bridgehead atoms. The predicted molar refractivity (Wildman–Crippen MR) is 99.7 cm³/mol. The van der Waals surface area contributed by atoms with Crippen LogP contribution in [0.5, 0.6) is 0 Å². The van der Waals surface area contributed by atoms with Gasteiger partial charge in [0.25, 0.3) is 0 Å². The number of rotatable bonds is 4. The van der Waals surface area contributed by atoms with Gasteiger partial charge in [0, 0.05) is 10.1 Å². The second-order valence-corrected chi connectivity index (χ2v) is 10.5. The first-order valence-corrected chi connectivity index (χ1v) is 9.58. The summed E-state index contributed by atoms with van der Waals surface area (Å²) in [5.41, 5.74) is -0.116. The number of carbonyl (C=O) groups is 2. The Bertz CT molecular complexity index is 802. The van der Waals surface area contributed by atoms with E-state index in [0.29, 0.717) is 23.6 Å². The maximum Gasteiger partial charge on any atom is 0.341 e. The second-order valence-electron chi connectivity index (χ2n) is 5.69. The highest BCUT2D eigenvalue weighted by molar-refractivity contribution is 9.25. The summed E-state index contributed by atoms with van der Waals surface area (Å²) in [5.74, 6) is -0.534. The van der Waals surface area contributed by atoms with Crippen LogP contribution in [-0.4, -0.2) is 21.7 Å². The first-order valence-electron chi connectivity index (χ1n) is 7.18. The van der Waals surface area contributed by atoms with Gasteiger partial charge in [-0.2, -0.15) is 0 Å². The van der Waals surface area contributed by atoms with Gasteiger partial charge in [-0.1, -0.05) is 50.1 Å². The first kappa shape index (κ1) is 16.9. The van der Waals surface area contributed by atoms with E-state index in [1.54, 1.807) is 6.92 Å². The van der Waals surface area contributed by atoms with E-state index in [9.17, 15) is 9.59 Å². The van der Waals surface area contributed by atoms with E-state index in [-0.39, 0.29) is 9.14 Å². The monoisotopic (exact) mass is 459 g/mol. The first-order chi connectivity index (χ1) is 10.8. The fourth-order valence-electron chi connectivity index (χ4n) is 2.43. The Morgan fingerprint density at radius 3 is 2.61 bits per heavy atom. The Hall–Kier alpha value is -0.920. The van der Waals surface area contributed by atoms with Crippen LogP contribution >= 0.6 is 43.2 Å². The zero-order valence-electron chi connectivity index (χ0n) is 12.6. The SMILES string of the molecule is CCOC(=O)c1c(NC(=O)[C@]2(C)CC2(Br)Br)sc2ccccc12. The molecule has 0 radical (unpaired) electrons. The third-order valence-corrected chi connectivity index (χ3v) is 7.46. The lowest BCUT2D eigenvalue weighted by Crippen LogP contribution is -2.26. The van der Waals surface area contributed by atoms with Crippen molar-refractivity contribution in [2.75, 3.05) is 11.9 Å². The standard InChI is InChI=1S/C16H15Br2NO3S/c1-3-22-13(20)11-9-6-4-5-7-10(9)23-12(11)19-14(21)15(2)8-16(15,17)18/h4-7H,3,8H2,1-2H3,(H,19,21)/t15-/m0/s1. The van der Waals surface area contributed by atoms with Gasteiger partial charge < -0.3 is 10.1 Å². The number of esters is 1. The Morgan fingerprint density at radius 2 is 2.00 bits per heavy atom. The van der Waals surface area contributed by atoms with E-state index in [1.165, 1.54) is 11.3 Å². The van der Waals surface area contributed by atoms with Gasteiger partial charge in [-0.05, 0) is 26.3 Å². The van der Waals surface area contributed by atoms with Crippen LogP contribution in [0.15, 0.2) is 24.3 Å². The molecule has 0 aliphatic heterocycles. The highest BCUT2D eigenvalue weighted by Crippen LogP contribution is 2.66. The molecule has 0 saturated heterocycles. The normalized spacial score (nSPS) is 21.9. The van der Waals surface area contributed by atoms with E-state index in [2.05, 4.69) is 37.2 Å². The molecule has 1 aliphatic rings. The Kier molecular flexibility index (Phi) is 4.31. The number of hydrogen-bond donors (Lipinski definition) is 1. The van der Waals surface area contributed by atoms with Crippen molar-refractivity contribution in [3.63, 3.8) is 0 Å². The van der Waals surface area contributed by atoms with Crippen LogP contribution < -0.4 is 5.32 Å². The molecule has 23 heavy (non-hydrogen) atoms. The highest BCUT2D eigenvalue weighted by atomic mass is 79.9. The van der Waals surface area contributed by atoms with Crippen molar-refractivity contribution < 1.29 is 14.3 Å². The predicted octanol–water partition coefficient (Wildman–Crippen LogP) is 4.91. The van der Waals surface area contributed by atoms with Crippen molar-refractivity contribution in [2.24, 2.45) is 5.41 Å². The number of benzene rings is 1. The summed E-state index contributed by atoms with van der Waals surface area (Å²) in [5, 5.41) is 4.26. The molecule has 1 heterocycles.